The van der Waals surface area contributed by atoms with Crippen molar-refractivity contribution in [2.24, 2.45) is 5.41 Å². The van der Waals surface area contributed by atoms with Gasteiger partial charge in [0.05, 0.1) is 10.3 Å². The van der Waals surface area contributed by atoms with Gasteiger partial charge in [-0.25, -0.2) is 8.42 Å². The zero-order valence-corrected chi connectivity index (χ0v) is 19.2. The van der Waals surface area contributed by atoms with E-state index in [1.54, 1.807) is 12.1 Å². The molecule has 1 aliphatic carbocycles. The first-order valence-electron chi connectivity index (χ1n) is 11.6. The van der Waals surface area contributed by atoms with E-state index in [0.29, 0.717) is 31.6 Å². The molecule has 3 aliphatic rings. The van der Waals surface area contributed by atoms with Gasteiger partial charge in [0.1, 0.15) is 6.54 Å². The number of sulfonamides is 1. The molecule has 32 heavy (non-hydrogen) atoms. The third-order valence-corrected chi connectivity index (χ3v) is 8.82. The summed E-state index contributed by atoms with van der Waals surface area (Å²) in [6.45, 7) is 0.655. The van der Waals surface area contributed by atoms with Gasteiger partial charge in [-0.05, 0) is 43.9 Å². The molecule has 4 rings (SSSR count). The Morgan fingerprint density at radius 3 is 2.31 bits per heavy atom. The Labute approximate surface area is 189 Å². The highest BCUT2D eigenvalue weighted by Crippen LogP contribution is 2.45. The number of likely N-dealkylation sites (tertiary alicyclic amines) is 1. The van der Waals surface area contributed by atoms with Gasteiger partial charge in [-0.15, -0.1) is 0 Å². The van der Waals surface area contributed by atoms with Gasteiger partial charge in [0.2, 0.25) is 27.7 Å². The molecule has 3 fully saturated rings. The summed E-state index contributed by atoms with van der Waals surface area (Å²) >= 11 is 0. The average molecular weight is 462 g/mol. The molecule has 2 saturated heterocycles. The largest absolute Gasteiger partial charge is 0.324 e. The molecule has 1 saturated carbocycles. The summed E-state index contributed by atoms with van der Waals surface area (Å²) in [4.78, 5) is 39.2. The number of hydrogen-bond donors (Lipinski definition) is 1. The number of nitrogens with zero attached hydrogens (tertiary/aromatic N) is 2. The Hall–Kier alpha value is -2.26. The first-order valence-corrected chi connectivity index (χ1v) is 13.0. The van der Waals surface area contributed by atoms with Crippen LogP contribution < -0.4 is 5.32 Å². The van der Waals surface area contributed by atoms with E-state index in [4.69, 9.17) is 0 Å². The second-order valence-electron chi connectivity index (χ2n) is 9.20. The predicted molar refractivity (Wildman–Crippen MR) is 119 cm³/mol. The van der Waals surface area contributed by atoms with Crippen LogP contribution in [0.2, 0.25) is 0 Å². The summed E-state index contributed by atoms with van der Waals surface area (Å²) in [6.07, 6.45) is 8.24. The van der Waals surface area contributed by atoms with Gasteiger partial charge >= 0.3 is 0 Å². The fourth-order valence-corrected chi connectivity index (χ4v) is 6.71. The molecular formula is C23H31N3O5S. The van der Waals surface area contributed by atoms with E-state index < -0.39 is 21.3 Å². The van der Waals surface area contributed by atoms with E-state index >= 15 is 0 Å². The number of carbonyl (C=O) groups is 3. The van der Waals surface area contributed by atoms with Crippen molar-refractivity contribution in [1.82, 2.24) is 9.21 Å². The van der Waals surface area contributed by atoms with Crippen molar-refractivity contribution in [2.45, 2.75) is 69.1 Å². The molecule has 0 unspecified atom stereocenters. The van der Waals surface area contributed by atoms with E-state index in [1.165, 1.54) is 16.4 Å². The molecule has 1 N–H and O–H groups in total. The van der Waals surface area contributed by atoms with Crippen LogP contribution in [0.5, 0.6) is 0 Å². The number of amides is 3. The third-order valence-electron chi connectivity index (χ3n) is 6.92. The monoisotopic (exact) mass is 461 g/mol. The number of nitrogens with one attached hydrogen (secondary N) is 1. The van der Waals surface area contributed by atoms with Crippen molar-refractivity contribution in [3.05, 3.63) is 24.3 Å². The Bertz CT molecular complexity index is 993. The van der Waals surface area contributed by atoms with E-state index in [9.17, 15) is 22.8 Å². The summed E-state index contributed by atoms with van der Waals surface area (Å²) in [5.74, 6) is -1.05. The Morgan fingerprint density at radius 2 is 1.62 bits per heavy atom. The molecule has 9 heteroatoms. The van der Waals surface area contributed by atoms with E-state index in [-0.39, 0.29) is 29.7 Å². The normalized spacial score (nSPS) is 22.2. The molecule has 3 amide bonds. The average Bonchev–Trinajstić information content (AvgIpc) is 2.98. The van der Waals surface area contributed by atoms with Crippen LogP contribution in [0.25, 0.3) is 0 Å². The van der Waals surface area contributed by atoms with E-state index in [2.05, 4.69) is 5.32 Å². The zero-order chi connectivity index (χ0) is 22.8. The summed E-state index contributed by atoms with van der Waals surface area (Å²) in [6, 6.07) is 6.16. The predicted octanol–water partition coefficient (Wildman–Crippen LogP) is 2.90. The van der Waals surface area contributed by atoms with Gasteiger partial charge in [-0.3, -0.25) is 19.3 Å². The van der Waals surface area contributed by atoms with Crippen molar-refractivity contribution in [2.75, 3.05) is 25.0 Å². The zero-order valence-electron chi connectivity index (χ0n) is 18.3. The summed E-state index contributed by atoms with van der Waals surface area (Å²) < 4.78 is 27.6. The minimum absolute atomic E-state index is 0.131. The molecule has 174 valence electrons. The fourth-order valence-electron chi connectivity index (χ4n) is 5.15. The number of carbonyl (C=O) groups excluding carboxylic acids is 3. The summed E-state index contributed by atoms with van der Waals surface area (Å²) in [5, 5.41) is 2.66. The molecule has 0 radical (unpaired) electrons. The summed E-state index contributed by atoms with van der Waals surface area (Å²) in [7, 11) is -3.64. The quantitative estimate of drug-likeness (QED) is 0.679. The fraction of sp³-hybridized carbons (Fsp3) is 0.609. The maximum absolute atomic E-state index is 13.0. The van der Waals surface area contributed by atoms with Crippen molar-refractivity contribution in [3.8, 4) is 0 Å². The topological polar surface area (TPSA) is 104 Å². The minimum atomic E-state index is -3.64. The van der Waals surface area contributed by atoms with Gasteiger partial charge in [-0.2, -0.15) is 4.31 Å². The van der Waals surface area contributed by atoms with Crippen LogP contribution in [0.1, 0.15) is 64.2 Å². The second-order valence-corrected chi connectivity index (χ2v) is 11.1. The lowest BCUT2D eigenvalue weighted by atomic mass is 9.73. The Kier molecular flexibility index (Phi) is 6.67. The SMILES string of the molecule is O=C(CN1C(=O)CC2(CCCCC2)C1=O)Nc1cccc(S(=O)(=O)N2CCCCCC2)c1. The molecule has 1 aromatic rings. The lowest BCUT2D eigenvalue weighted by molar-refractivity contribution is -0.144. The van der Waals surface area contributed by atoms with Crippen LogP contribution in [0.4, 0.5) is 5.69 Å². The van der Waals surface area contributed by atoms with Gasteiger partial charge < -0.3 is 5.32 Å². The van der Waals surface area contributed by atoms with Crippen LogP contribution in [0, 0.1) is 5.41 Å². The lowest BCUT2D eigenvalue weighted by Gasteiger charge is -2.30. The van der Waals surface area contributed by atoms with Crippen LogP contribution in [0.15, 0.2) is 29.2 Å². The molecule has 2 aliphatic heterocycles. The molecule has 8 nitrogen and oxygen atoms in total. The van der Waals surface area contributed by atoms with Gasteiger partial charge in [0.15, 0.2) is 0 Å². The maximum Gasteiger partial charge on any atom is 0.244 e. The van der Waals surface area contributed by atoms with Crippen LogP contribution in [-0.4, -0.2) is 55.0 Å². The van der Waals surface area contributed by atoms with Gasteiger partial charge in [0, 0.05) is 25.2 Å². The number of hydrogen-bond acceptors (Lipinski definition) is 5. The van der Waals surface area contributed by atoms with Crippen molar-refractivity contribution >= 4 is 33.4 Å². The number of benzene rings is 1. The summed E-state index contributed by atoms with van der Waals surface area (Å²) in [5.41, 5.74) is -0.297. The molecule has 1 aromatic carbocycles. The smallest absolute Gasteiger partial charge is 0.244 e. The van der Waals surface area contributed by atoms with Crippen molar-refractivity contribution < 1.29 is 22.8 Å². The third kappa shape index (κ3) is 4.59. The maximum atomic E-state index is 13.0. The minimum Gasteiger partial charge on any atom is -0.324 e. The first-order chi connectivity index (χ1) is 15.3. The molecule has 0 bridgehead atoms. The highest BCUT2D eigenvalue weighted by molar-refractivity contribution is 7.89. The van der Waals surface area contributed by atoms with E-state index in [0.717, 1.165) is 49.8 Å². The number of imide groups is 1. The molecule has 2 heterocycles. The lowest BCUT2D eigenvalue weighted by Crippen LogP contribution is -2.41. The molecule has 0 atom stereocenters. The standard InChI is InChI=1S/C23H31N3O5S/c27-20(17-26-21(28)16-23(22(26)29)11-4-3-5-12-23)24-18-9-8-10-19(15-18)32(30,31)25-13-6-1-2-7-14-25/h8-10,15H,1-7,11-14,16-17H2,(H,24,27). The van der Waals surface area contributed by atoms with Gasteiger partial charge in [0.25, 0.3) is 0 Å². The second kappa shape index (κ2) is 9.31. The Balaban J connectivity index is 1.43. The van der Waals surface area contributed by atoms with Gasteiger partial charge in [-0.1, -0.05) is 38.2 Å². The van der Waals surface area contributed by atoms with Crippen molar-refractivity contribution in [3.63, 3.8) is 0 Å². The molecule has 1 spiro atoms. The Morgan fingerprint density at radius 1 is 0.969 bits per heavy atom. The molecule has 0 aromatic heterocycles. The van der Waals surface area contributed by atoms with E-state index in [1.807, 2.05) is 0 Å². The van der Waals surface area contributed by atoms with Crippen LogP contribution in [0.3, 0.4) is 0 Å². The van der Waals surface area contributed by atoms with Crippen molar-refractivity contribution in [1.29, 1.82) is 0 Å². The highest BCUT2D eigenvalue weighted by atomic mass is 32.2. The van der Waals surface area contributed by atoms with Crippen LogP contribution >= 0.6 is 0 Å². The number of anilines is 1. The van der Waals surface area contributed by atoms with Crippen LogP contribution in [-0.2, 0) is 24.4 Å². The molecular weight excluding hydrogens is 430 g/mol. The first kappa shape index (κ1) is 22.9. The highest BCUT2D eigenvalue weighted by Gasteiger charge is 2.51. The number of rotatable bonds is 5.